The smallest absolute Gasteiger partial charge is 0.263 e. The Bertz CT molecular complexity index is 508. The average Bonchev–Trinajstić information content (AvgIpc) is 2.81. The van der Waals surface area contributed by atoms with E-state index in [2.05, 4.69) is 0 Å². The summed E-state index contributed by atoms with van der Waals surface area (Å²) in [6.07, 6.45) is 0. The summed E-state index contributed by atoms with van der Waals surface area (Å²) < 4.78 is 0. The number of nitrogen functional groups attached to an aromatic ring is 1. The number of amides is 1. The maximum absolute atomic E-state index is 12.0. The topological polar surface area (TPSA) is 46.3 Å². The van der Waals surface area contributed by atoms with Gasteiger partial charge in [-0.1, -0.05) is 18.2 Å². The molecule has 0 aliphatic rings. The monoisotopic (exact) mass is 246 g/mol. The fourth-order valence-electron chi connectivity index (χ4n) is 1.63. The summed E-state index contributed by atoms with van der Waals surface area (Å²) in [5.41, 5.74) is 7.46. The van der Waals surface area contributed by atoms with Crippen LogP contribution in [0.4, 0.5) is 5.69 Å². The number of carbonyl (C=O) groups excluding carboxylic acids is 1. The van der Waals surface area contributed by atoms with E-state index in [0.717, 1.165) is 16.1 Å². The Morgan fingerprint density at radius 1 is 1.35 bits per heavy atom. The number of anilines is 1. The molecular weight excluding hydrogens is 232 g/mol. The quantitative estimate of drug-likeness (QED) is 0.846. The summed E-state index contributed by atoms with van der Waals surface area (Å²) in [5, 5.41) is 1.90. The lowest BCUT2D eigenvalue weighted by Crippen LogP contribution is -2.25. The van der Waals surface area contributed by atoms with E-state index < -0.39 is 0 Å². The van der Waals surface area contributed by atoms with Crippen LogP contribution in [0.3, 0.4) is 0 Å². The Morgan fingerprint density at radius 3 is 2.82 bits per heavy atom. The zero-order valence-electron chi connectivity index (χ0n) is 9.59. The van der Waals surface area contributed by atoms with Crippen molar-refractivity contribution in [3.8, 4) is 0 Å². The maximum Gasteiger partial charge on any atom is 0.263 e. The van der Waals surface area contributed by atoms with Gasteiger partial charge in [0.05, 0.1) is 4.88 Å². The Labute approximate surface area is 104 Å². The molecule has 0 fully saturated rings. The molecule has 2 N–H and O–H groups in total. The number of benzene rings is 1. The zero-order chi connectivity index (χ0) is 12.3. The molecule has 0 aliphatic heterocycles. The van der Waals surface area contributed by atoms with Crippen LogP contribution in [0, 0.1) is 0 Å². The predicted octanol–water partition coefficient (Wildman–Crippen LogP) is 2.60. The molecule has 2 aromatic rings. The Morgan fingerprint density at radius 2 is 2.18 bits per heavy atom. The van der Waals surface area contributed by atoms with E-state index in [9.17, 15) is 4.79 Å². The molecule has 0 unspecified atom stereocenters. The largest absolute Gasteiger partial charge is 0.399 e. The maximum atomic E-state index is 12.0. The molecule has 1 heterocycles. The molecule has 88 valence electrons. The van der Waals surface area contributed by atoms with Crippen molar-refractivity contribution in [3.05, 3.63) is 52.2 Å². The Kier molecular flexibility index (Phi) is 3.44. The van der Waals surface area contributed by atoms with Gasteiger partial charge < -0.3 is 10.6 Å². The van der Waals surface area contributed by atoms with E-state index in [1.165, 1.54) is 11.3 Å². The summed E-state index contributed by atoms with van der Waals surface area (Å²) in [5.74, 6) is 0.0439. The van der Waals surface area contributed by atoms with Crippen molar-refractivity contribution in [2.24, 2.45) is 0 Å². The molecule has 2 rings (SSSR count). The summed E-state index contributed by atoms with van der Waals surface area (Å²) in [4.78, 5) is 14.5. The highest BCUT2D eigenvalue weighted by molar-refractivity contribution is 7.12. The minimum Gasteiger partial charge on any atom is -0.399 e. The number of carbonyl (C=O) groups is 1. The molecule has 0 aliphatic carbocycles. The highest BCUT2D eigenvalue weighted by atomic mass is 32.1. The van der Waals surface area contributed by atoms with Crippen LogP contribution in [0.15, 0.2) is 41.8 Å². The molecule has 17 heavy (non-hydrogen) atoms. The second-order valence-corrected chi connectivity index (χ2v) is 4.83. The number of thiophene rings is 1. The van der Waals surface area contributed by atoms with Crippen LogP contribution >= 0.6 is 11.3 Å². The van der Waals surface area contributed by atoms with Crippen molar-refractivity contribution in [3.63, 3.8) is 0 Å². The van der Waals surface area contributed by atoms with Gasteiger partial charge in [0.1, 0.15) is 0 Å². The first-order chi connectivity index (χ1) is 8.16. The third kappa shape index (κ3) is 2.85. The average molecular weight is 246 g/mol. The summed E-state index contributed by atoms with van der Waals surface area (Å²) >= 11 is 1.46. The van der Waals surface area contributed by atoms with Crippen molar-refractivity contribution in [2.75, 3.05) is 12.8 Å². The molecule has 0 saturated carbocycles. The summed E-state index contributed by atoms with van der Waals surface area (Å²) in [6, 6.07) is 11.3. The normalized spacial score (nSPS) is 10.2. The van der Waals surface area contributed by atoms with Crippen molar-refractivity contribution in [2.45, 2.75) is 6.54 Å². The van der Waals surface area contributed by atoms with E-state index in [1.54, 1.807) is 11.9 Å². The van der Waals surface area contributed by atoms with Crippen LogP contribution in [0.2, 0.25) is 0 Å². The standard InChI is InChI=1S/C13H14N2OS/c1-15(13(16)12-6-3-7-17-12)9-10-4-2-5-11(14)8-10/h2-8H,9,14H2,1H3. The molecule has 4 heteroatoms. The van der Waals surface area contributed by atoms with Gasteiger partial charge >= 0.3 is 0 Å². The van der Waals surface area contributed by atoms with Crippen LogP contribution in [0.25, 0.3) is 0 Å². The number of nitrogens with two attached hydrogens (primary N) is 1. The Balaban J connectivity index is 2.07. The molecule has 0 radical (unpaired) electrons. The molecule has 1 amide bonds. The van der Waals surface area contributed by atoms with E-state index in [-0.39, 0.29) is 5.91 Å². The van der Waals surface area contributed by atoms with Gasteiger partial charge in [-0.2, -0.15) is 0 Å². The first-order valence-electron chi connectivity index (χ1n) is 5.30. The predicted molar refractivity (Wildman–Crippen MR) is 71.0 cm³/mol. The number of nitrogens with zero attached hydrogens (tertiary/aromatic N) is 1. The molecule has 0 spiro atoms. The highest BCUT2D eigenvalue weighted by Crippen LogP contribution is 2.14. The van der Waals surface area contributed by atoms with Crippen LogP contribution in [-0.2, 0) is 6.54 Å². The highest BCUT2D eigenvalue weighted by Gasteiger charge is 2.12. The zero-order valence-corrected chi connectivity index (χ0v) is 10.4. The molecule has 0 bridgehead atoms. The Hall–Kier alpha value is -1.81. The van der Waals surface area contributed by atoms with Crippen LogP contribution in [0.1, 0.15) is 15.2 Å². The lowest BCUT2D eigenvalue weighted by Gasteiger charge is -2.16. The SMILES string of the molecule is CN(Cc1cccc(N)c1)C(=O)c1cccs1. The van der Waals surface area contributed by atoms with E-state index >= 15 is 0 Å². The summed E-state index contributed by atoms with van der Waals surface area (Å²) in [6.45, 7) is 0.571. The van der Waals surface area contributed by atoms with Gasteiger partial charge in [0.25, 0.3) is 5.91 Å². The van der Waals surface area contributed by atoms with Crippen molar-refractivity contribution in [1.82, 2.24) is 4.90 Å². The lowest BCUT2D eigenvalue weighted by atomic mass is 10.2. The number of rotatable bonds is 3. The minimum atomic E-state index is 0.0439. The molecule has 3 nitrogen and oxygen atoms in total. The fraction of sp³-hybridized carbons (Fsp3) is 0.154. The summed E-state index contributed by atoms with van der Waals surface area (Å²) in [7, 11) is 1.80. The van der Waals surface area contributed by atoms with Gasteiger partial charge in [0, 0.05) is 19.3 Å². The number of hydrogen-bond acceptors (Lipinski definition) is 3. The third-order valence-electron chi connectivity index (χ3n) is 2.45. The second kappa shape index (κ2) is 5.01. The van der Waals surface area contributed by atoms with Crippen molar-refractivity contribution < 1.29 is 4.79 Å². The molecule has 1 aromatic carbocycles. The minimum absolute atomic E-state index is 0.0439. The van der Waals surface area contributed by atoms with Gasteiger partial charge in [-0.25, -0.2) is 0 Å². The fourth-order valence-corrected chi connectivity index (χ4v) is 2.34. The van der Waals surface area contributed by atoms with Crippen molar-refractivity contribution >= 4 is 22.9 Å². The van der Waals surface area contributed by atoms with Crippen LogP contribution in [-0.4, -0.2) is 17.9 Å². The van der Waals surface area contributed by atoms with Crippen LogP contribution < -0.4 is 5.73 Å². The molecule has 1 aromatic heterocycles. The number of hydrogen-bond donors (Lipinski definition) is 1. The van der Waals surface area contributed by atoms with Gasteiger partial charge in [-0.3, -0.25) is 4.79 Å². The first kappa shape index (κ1) is 11.7. The molecule has 0 atom stereocenters. The third-order valence-corrected chi connectivity index (χ3v) is 3.31. The van der Waals surface area contributed by atoms with Gasteiger partial charge in [0.15, 0.2) is 0 Å². The van der Waals surface area contributed by atoms with E-state index in [1.807, 2.05) is 41.8 Å². The van der Waals surface area contributed by atoms with E-state index in [0.29, 0.717) is 6.54 Å². The van der Waals surface area contributed by atoms with Gasteiger partial charge in [0.2, 0.25) is 0 Å². The van der Waals surface area contributed by atoms with E-state index in [4.69, 9.17) is 5.73 Å². The van der Waals surface area contributed by atoms with Crippen molar-refractivity contribution in [1.29, 1.82) is 0 Å². The second-order valence-electron chi connectivity index (χ2n) is 3.88. The first-order valence-corrected chi connectivity index (χ1v) is 6.18. The van der Waals surface area contributed by atoms with Gasteiger partial charge in [-0.05, 0) is 29.1 Å². The molecular formula is C13H14N2OS. The molecule has 0 saturated heterocycles. The van der Waals surface area contributed by atoms with Gasteiger partial charge in [-0.15, -0.1) is 11.3 Å². The lowest BCUT2D eigenvalue weighted by molar-refractivity contribution is 0.0790. The van der Waals surface area contributed by atoms with Crippen LogP contribution in [0.5, 0.6) is 0 Å².